The molecule has 0 aliphatic heterocycles. The van der Waals surface area contributed by atoms with Crippen molar-refractivity contribution in [2.24, 2.45) is 0 Å². The van der Waals surface area contributed by atoms with Crippen LogP contribution in [-0.2, 0) is 20.6 Å². The topological polar surface area (TPSA) is 32.6 Å². The molecule has 4 heteroatoms. The molecule has 0 bridgehead atoms. The predicted molar refractivity (Wildman–Crippen MR) is 71.8 cm³/mol. The van der Waals surface area contributed by atoms with E-state index in [1.807, 2.05) is 0 Å². The van der Waals surface area contributed by atoms with Crippen molar-refractivity contribution in [1.82, 2.24) is 4.57 Å². The number of hydrogen-bond acceptors (Lipinski definition) is 3. The molecule has 0 aliphatic rings. The van der Waals surface area contributed by atoms with Crippen molar-refractivity contribution in [3.63, 3.8) is 0 Å². The van der Waals surface area contributed by atoms with Gasteiger partial charge in [0.15, 0.2) is 0 Å². The third-order valence-electron chi connectivity index (χ3n) is 3.45. The van der Waals surface area contributed by atoms with Gasteiger partial charge < -0.3 is 18.8 Å². The summed E-state index contributed by atoms with van der Waals surface area (Å²) in [5.74, 6) is -1.000. The zero-order valence-electron chi connectivity index (χ0n) is 12.5. The summed E-state index contributed by atoms with van der Waals surface area (Å²) < 4.78 is 18.4. The monoisotopic (exact) mass is 255 g/mol. The average molecular weight is 255 g/mol. The molecule has 0 aliphatic carbocycles. The number of hydrogen-bond donors (Lipinski definition) is 0. The molecule has 0 saturated carbocycles. The SMILES string of the molecule is COC(Cc1cc(C)n(C(C)C)c1C)(OC)OC. The highest BCUT2D eigenvalue weighted by Gasteiger charge is 2.31. The fourth-order valence-corrected chi connectivity index (χ4v) is 2.52. The number of rotatable bonds is 6. The fraction of sp³-hybridized carbons (Fsp3) is 0.714. The third-order valence-corrected chi connectivity index (χ3v) is 3.45. The number of nitrogens with zero attached hydrogens (tertiary/aromatic N) is 1. The van der Waals surface area contributed by atoms with Gasteiger partial charge in [-0.2, -0.15) is 0 Å². The minimum Gasteiger partial charge on any atom is -0.346 e. The molecule has 1 heterocycles. The molecule has 0 unspecified atom stereocenters. The van der Waals surface area contributed by atoms with Gasteiger partial charge in [0.25, 0.3) is 5.97 Å². The quantitative estimate of drug-likeness (QED) is 0.733. The van der Waals surface area contributed by atoms with Gasteiger partial charge in [0.1, 0.15) is 0 Å². The minimum atomic E-state index is -1.000. The highest BCUT2D eigenvalue weighted by Crippen LogP contribution is 2.26. The molecule has 0 atom stereocenters. The molecule has 104 valence electrons. The van der Waals surface area contributed by atoms with Crippen LogP contribution in [0.5, 0.6) is 0 Å². The second-order valence-electron chi connectivity index (χ2n) is 4.83. The van der Waals surface area contributed by atoms with E-state index in [2.05, 4.69) is 38.3 Å². The van der Waals surface area contributed by atoms with Gasteiger partial charge in [-0.25, -0.2) is 0 Å². The van der Waals surface area contributed by atoms with E-state index in [1.54, 1.807) is 21.3 Å². The van der Waals surface area contributed by atoms with Crippen LogP contribution >= 0.6 is 0 Å². The molecular weight excluding hydrogens is 230 g/mol. The summed E-state index contributed by atoms with van der Waals surface area (Å²) in [6.07, 6.45) is 0.572. The molecular formula is C14H25NO3. The van der Waals surface area contributed by atoms with Gasteiger partial charge in [0.05, 0.1) is 6.42 Å². The van der Waals surface area contributed by atoms with Gasteiger partial charge in [-0.1, -0.05) is 0 Å². The maximum atomic E-state index is 5.35. The molecule has 0 radical (unpaired) electrons. The maximum Gasteiger partial charge on any atom is 0.286 e. The zero-order chi connectivity index (χ0) is 13.9. The van der Waals surface area contributed by atoms with Crippen molar-refractivity contribution in [3.8, 4) is 0 Å². The van der Waals surface area contributed by atoms with Crippen LogP contribution in [0.1, 0.15) is 36.8 Å². The van der Waals surface area contributed by atoms with E-state index in [4.69, 9.17) is 14.2 Å². The van der Waals surface area contributed by atoms with Crippen LogP contribution < -0.4 is 0 Å². The largest absolute Gasteiger partial charge is 0.346 e. The highest BCUT2D eigenvalue weighted by atomic mass is 16.9. The third kappa shape index (κ3) is 2.76. The summed E-state index contributed by atoms with van der Waals surface area (Å²) in [4.78, 5) is 0. The van der Waals surface area contributed by atoms with Crippen molar-refractivity contribution in [3.05, 3.63) is 23.0 Å². The van der Waals surface area contributed by atoms with E-state index >= 15 is 0 Å². The van der Waals surface area contributed by atoms with E-state index < -0.39 is 5.97 Å². The van der Waals surface area contributed by atoms with Crippen molar-refractivity contribution in [2.75, 3.05) is 21.3 Å². The number of ether oxygens (including phenoxy) is 3. The van der Waals surface area contributed by atoms with Crippen LogP contribution in [0.15, 0.2) is 6.07 Å². The Morgan fingerprint density at radius 3 is 1.94 bits per heavy atom. The van der Waals surface area contributed by atoms with Gasteiger partial charge in [0.2, 0.25) is 0 Å². The normalized spacial score (nSPS) is 12.4. The molecule has 0 aromatic carbocycles. The van der Waals surface area contributed by atoms with E-state index in [0.717, 1.165) is 0 Å². The smallest absolute Gasteiger partial charge is 0.286 e. The second kappa shape index (κ2) is 5.87. The summed E-state index contributed by atoms with van der Waals surface area (Å²) in [5.41, 5.74) is 3.67. The Morgan fingerprint density at radius 2 is 1.61 bits per heavy atom. The Labute approximate surface area is 110 Å². The molecule has 0 fully saturated rings. The highest BCUT2D eigenvalue weighted by molar-refractivity contribution is 5.28. The van der Waals surface area contributed by atoms with E-state index in [9.17, 15) is 0 Å². The Bertz CT molecular complexity index is 384. The average Bonchev–Trinajstić information content (AvgIpc) is 2.61. The van der Waals surface area contributed by atoms with Crippen molar-refractivity contribution >= 4 is 0 Å². The summed E-state index contributed by atoms with van der Waals surface area (Å²) in [5, 5.41) is 0. The Kier molecular flexibility index (Phi) is 4.96. The van der Waals surface area contributed by atoms with E-state index in [1.165, 1.54) is 17.0 Å². The molecule has 0 N–H and O–H groups in total. The van der Waals surface area contributed by atoms with Crippen LogP contribution in [0.4, 0.5) is 0 Å². The molecule has 0 amide bonds. The molecule has 0 spiro atoms. The lowest BCUT2D eigenvalue weighted by molar-refractivity contribution is -0.351. The van der Waals surface area contributed by atoms with Crippen LogP contribution in [0.3, 0.4) is 0 Å². The Morgan fingerprint density at radius 1 is 1.11 bits per heavy atom. The lowest BCUT2D eigenvalue weighted by Gasteiger charge is -2.28. The first-order chi connectivity index (χ1) is 8.40. The van der Waals surface area contributed by atoms with Crippen LogP contribution in [0, 0.1) is 13.8 Å². The Hall–Kier alpha value is -0.840. The van der Waals surface area contributed by atoms with Crippen molar-refractivity contribution in [1.29, 1.82) is 0 Å². The van der Waals surface area contributed by atoms with Gasteiger partial charge in [0, 0.05) is 38.8 Å². The lowest BCUT2D eigenvalue weighted by atomic mass is 10.1. The first kappa shape index (κ1) is 15.2. The Balaban J connectivity index is 3.08. The zero-order valence-corrected chi connectivity index (χ0v) is 12.5. The predicted octanol–water partition coefficient (Wildman–Crippen LogP) is 2.82. The molecule has 1 aromatic heterocycles. The van der Waals surface area contributed by atoms with E-state index in [-0.39, 0.29) is 0 Å². The number of aromatic nitrogens is 1. The molecule has 0 saturated heterocycles. The standard InChI is InChI=1S/C14H25NO3/c1-10(2)15-11(3)8-13(12(15)4)9-14(16-5,17-6)18-7/h8,10H,9H2,1-7H3. The van der Waals surface area contributed by atoms with Crippen molar-refractivity contribution < 1.29 is 14.2 Å². The maximum absolute atomic E-state index is 5.35. The number of methoxy groups -OCH3 is 3. The lowest BCUT2D eigenvalue weighted by Crippen LogP contribution is -2.38. The summed E-state index contributed by atoms with van der Waals surface area (Å²) in [6.45, 7) is 8.60. The first-order valence-corrected chi connectivity index (χ1v) is 6.23. The van der Waals surface area contributed by atoms with Gasteiger partial charge in [-0.05, 0) is 39.3 Å². The molecule has 1 rings (SSSR count). The minimum absolute atomic E-state index is 0.445. The second-order valence-corrected chi connectivity index (χ2v) is 4.83. The summed E-state index contributed by atoms with van der Waals surface area (Å²) in [7, 11) is 4.78. The van der Waals surface area contributed by atoms with Crippen LogP contribution in [0.2, 0.25) is 0 Å². The van der Waals surface area contributed by atoms with Crippen LogP contribution in [-0.4, -0.2) is 31.9 Å². The first-order valence-electron chi connectivity index (χ1n) is 6.23. The number of aryl methyl sites for hydroxylation is 1. The summed E-state index contributed by atoms with van der Waals surface area (Å²) >= 11 is 0. The summed E-state index contributed by atoms with van der Waals surface area (Å²) in [6, 6.07) is 2.61. The van der Waals surface area contributed by atoms with Gasteiger partial charge >= 0.3 is 0 Å². The van der Waals surface area contributed by atoms with Crippen LogP contribution in [0.25, 0.3) is 0 Å². The molecule has 18 heavy (non-hydrogen) atoms. The van der Waals surface area contributed by atoms with E-state index in [0.29, 0.717) is 12.5 Å². The fourth-order valence-electron chi connectivity index (χ4n) is 2.52. The van der Waals surface area contributed by atoms with Crippen molar-refractivity contribution in [2.45, 2.75) is 46.1 Å². The molecule has 4 nitrogen and oxygen atoms in total. The van der Waals surface area contributed by atoms with Gasteiger partial charge in [-0.15, -0.1) is 0 Å². The molecule has 1 aromatic rings. The van der Waals surface area contributed by atoms with Gasteiger partial charge in [-0.3, -0.25) is 0 Å².